The number of aromatic amines is 1. The molecule has 1 heterocycles. The Morgan fingerprint density at radius 2 is 2.28 bits per heavy atom. The lowest BCUT2D eigenvalue weighted by atomic mass is 9.80. The molecule has 1 fully saturated rings. The quantitative estimate of drug-likeness (QED) is 0.835. The highest BCUT2D eigenvalue weighted by atomic mass is 16.2. The second-order valence-electron chi connectivity index (χ2n) is 4.93. The highest BCUT2D eigenvalue weighted by molar-refractivity contribution is 5.96. The molecule has 1 aliphatic rings. The maximum Gasteiger partial charge on any atom is 0.229 e. The lowest BCUT2D eigenvalue weighted by molar-refractivity contribution is -0.124. The average molecular weight is 244 g/mol. The summed E-state index contributed by atoms with van der Waals surface area (Å²) in [7, 11) is 1.81. The fourth-order valence-electron chi connectivity index (χ4n) is 2.40. The van der Waals surface area contributed by atoms with Crippen molar-refractivity contribution >= 4 is 22.6 Å². The first kappa shape index (κ1) is 11.2. The van der Waals surface area contributed by atoms with Crippen LogP contribution < -0.4 is 10.6 Å². The molecule has 0 spiro atoms. The minimum absolute atomic E-state index is 0.0856. The van der Waals surface area contributed by atoms with E-state index in [-0.39, 0.29) is 17.9 Å². The summed E-state index contributed by atoms with van der Waals surface area (Å²) in [5, 5.41) is 0. The summed E-state index contributed by atoms with van der Waals surface area (Å²) in [6.45, 7) is 0. The zero-order chi connectivity index (χ0) is 12.7. The Labute approximate surface area is 105 Å². The number of H-pyrrole nitrogens is 1. The predicted molar refractivity (Wildman–Crippen MR) is 70.2 cm³/mol. The molecule has 2 aromatic rings. The van der Waals surface area contributed by atoms with Crippen molar-refractivity contribution in [1.29, 1.82) is 0 Å². The van der Waals surface area contributed by atoms with Crippen LogP contribution in [0.5, 0.6) is 0 Å². The number of aromatic nitrogens is 2. The van der Waals surface area contributed by atoms with Gasteiger partial charge in [0.25, 0.3) is 0 Å². The number of nitrogens with one attached hydrogen (secondary N) is 1. The van der Waals surface area contributed by atoms with Crippen LogP contribution in [0.15, 0.2) is 24.5 Å². The van der Waals surface area contributed by atoms with Crippen LogP contribution in [0, 0.1) is 5.92 Å². The number of rotatable bonds is 2. The van der Waals surface area contributed by atoms with Crippen molar-refractivity contribution in [1.82, 2.24) is 9.97 Å². The first-order chi connectivity index (χ1) is 8.65. The molecule has 3 N–H and O–H groups in total. The summed E-state index contributed by atoms with van der Waals surface area (Å²) in [6, 6.07) is 5.97. The Bertz CT molecular complexity index is 585. The predicted octanol–water partition coefficient (Wildman–Crippen LogP) is 1.26. The van der Waals surface area contributed by atoms with Gasteiger partial charge in [-0.05, 0) is 31.0 Å². The molecule has 5 heteroatoms. The molecule has 1 saturated carbocycles. The van der Waals surface area contributed by atoms with E-state index < -0.39 is 0 Å². The Balaban J connectivity index is 1.82. The van der Waals surface area contributed by atoms with E-state index in [1.54, 1.807) is 11.2 Å². The Hall–Kier alpha value is -1.88. The van der Waals surface area contributed by atoms with Gasteiger partial charge in [-0.2, -0.15) is 0 Å². The van der Waals surface area contributed by atoms with Crippen molar-refractivity contribution in [3.63, 3.8) is 0 Å². The second-order valence-corrected chi connectivity index (χ2v) is 4.93. The van der Waals surface area contributed by atoms with Gasteiger partial charge < -0.3 is 15.6 Å². The highest BCUT2D eigenvalue weighted by Crippen LogP contribution is 2.29. The number of fused-ring (bicyclic) bond motifs is 1. The Morgan fingerprint density at radius 3 is 3.00 bits per heavy atom. The van der Waals surface area contributed by atoms with Crippen molar-refractivity contribution in [2.24, 2.45) is 11.7 Å². The molecule has 1 aromatic heterocycles. The van der Waals surface area contributed by atoms with Crippen LogP contribution in [-0.4, -0.2) is 29.0 Å². The van der Waals surface area contributed by atoms with Gasteiger partial charge in [-0.1, -0.05) is 0 Å². The van der Waals surface area contributed by atoms with E-state index in [0.29, 0.717) is 0 Å². The minimum Gasteiger partial charge on any atom is -0.345 e. The molecule has 0 bridgehead atoms. The molecular formula is C13H16N4O. The van der Waals surface area contributed by atoms with Crippen molar-refractivity contribution in [2.75, 3.05) is 11.9 Å². The van der Waals surface area contributed by atoms with Gasteiger partial charge in [-0.3, -0.25) is 4.79 Å². The number of nitrogens with zero attached hydrogens (tertiary/aromatic N) is 2. The van der Waals surface area contributed by atoms with Gasteiger partial charge >= 0.3 is 0 Å². The molecule has 0 radical (unpaired) electrons. The van der Waals surface area contributed by atoms with E-state index >= 15 is 0 Å². The Kier molecular flexibility index (Phi) is 2.56. The number of hydrogen-bond acceptors (Lipinski definition) is 3. The molecule has 5 nitrogen and oxygen atoms in total. The molecule has 0 saturated heterocycles. The number of hydrogen-bond donors (Lipinski definition) is 2. The average Bonchev–Trinajstić information content (AvgIpc) is 2.80. The summed E-state index contributed by atoms with van der Waals surface area (Å²) >= 11 is 0. The van der Waals surface area contributed by atoms with Gasteiger partial charge in [0.05, 0.1) is 17.4 Å². The molecule has 0 unspecified atom stereocenters. The second kappa shape index (κ2) is 4.10. The van der Waals surface area contributed by atoms with Crippen LogP contribution in [0.1, 0.15) is 12.8 Å². The number of carbonyl (C=O) groups is 1. The maximum atomic E-state index is 12.2. The van der Waals surface area contributed by atoms with Crippen LogP contribution in [0.4, 0.5) is 5.69 Å². The molecule has 94 valence electrons. The van der Waals surface area contributed by atoms with Crippen molar-refractivity contribution < 1.29 is 4.79 Å². The number of nitrogens with two attached hydrogens (primary N) is 1. The highest BCUT2D eigenvalue weighted by Gasteiger charge is 2.34. The number of imidazole rings is 1. The van der Waals surface area contributed by atoms with Gasteiger partial charge in [-0.15, -0.1) is 0 Å². The summed E-state index contributed by atoms with van der Waals surface area (Å²) in [4.78, 5) is 21.1. The number of anilines is 1. The van der Waals surface area contributed by atoms with E-state index in [2.05, 4.69) is 9.97 Å². The fourth-order valence-corrected chi connectivity index (χ4v) is 2.40. The zero-order valence-corrected chi connectivity index (χ0v) is 10.3. The summed E-state index contributed by atoms with van der Waals surface area (Å²) in [6.07, 6.45) is 3.26. The first-order valence-electron chi connectivity index (χ1n) is 6.11. The number of amides is 1. The van der Waals surface area contributed by atoms with E-state index in [1.807, 2.05) is 25.2 Å². The molecule has 18 heavy (non-hydrogen) atoms. The summed E-state index contributed by atoms with van der Waals surface area (Å²) in [5.41, 5.74) is 8.46. The number of carbonyl (C=O) groups excluding carboxylic acids is 1. The molecule has 3 rings (SSSR count). The third kappa shape index (κ3) is 1.76. The van der Waals surface area contributed by atoms with E-state index in [0.717, 1.165) is 29.6 Å². The van der Waals surface area contributed by atoms with Gasteiger partial charge in [0.15, 0.2) is 0 Å². The third-order valence-electron chi connectivity index (χ3n) is 3.65. The molecule has 0 aliphatic heterocycles. The van der Waals surface area contributed by atoms with Gasteiger partial charge in [0.2, 0.25) is 5.91 Å². The molecular weight excluding hydrogens is 228 g/mol. The van der Waals surface area contributed by atoms with Crippen molar-refractivity contribution in [3.05, 3.63) is 24.5 Å². The van der Waals surface area contributed by atoms with Crippen LogP contribution >= 0.6 is 0 Å². The third-order valence-corrected chi connectivity index (χ3v) is 3.65. The minimum atomic E-state index is 0.0856. The molecule has 1 aromatic carbocycles. The molecule has 1 aliphatic carbocycles. The topological polar surface area (TPSA) is 75.0 Å². The summed E-state index contributed by atoms with van der Waals surface area (Å²) < 4.78 is 0. The van der Waals surface area contributed by atoms with Crippen LogP contribution in [0.2, 0.25) is 0 Å². The van der Waals surface area contributed by atoms with E-state index in [4.69, 9.17) is 5.73 Å². The van der Waals surface area contributed by atoms with Crippen molar-refractivity contribution in [3.8, 4) is 0 Å². The molecule has 0 atom stereocenters. The van der Waals surface area contributed by atoms with E-state index in [1.165, 1.54) is 0 Å². The normalized spacial score (nSPS) is 22.8. The van der Waals surface area contributed by atoms with Crippen LogP contribution in [-0.2, 0) is 4.79 Å². The largest absolute Gasteiger partial charge is 0.345 e. The lowest BCUT2D eigenvalue weighted by Gasteiger charge is -2.34. The smallest absolute Gasteiger partial charge is 0.229 e. The number of benzene rings is 1. The van der Waals surface area contributed by atoms with Gasteiger partial charge in [-0.25, -0.2) is 4.98 Å². The van der Waals surface area contributed by atoms with Crippen molar-refractivity contribution in [2.45, 2.75) is 18.9 Å². The monoisotopic (exact) mass is 244 g/mol. The van der Waals surface area contributed by atoms with Gasteiger partial charge in [0, 0.05) is 24.7 Å². The SMILES string of the molecule is CN(C(=O)C1CC(N)C1)c1ccc2nc[nH]c2c1. The first-order valence-corrected chi connectivity index (χ1v) is 6.11. The van der Waals surface area contributed by atoms with Gasteiger partial charge in [0.1, 0.15) is 0 Å². The standard InChI is InChI=1S/C13H16N4O/c1-17(13(18)8-4-9(14)5-8)10-2-3-11-12(6-10)16-7-15-11/h2-3,6-9H,4-5,14H2,1H3,(H,15,16). The maximum absolute atomic E-state index is 12.2. The lowest BCUT2D eigenvalue weighted by Crippen LogP contribution is -2.45. The van der Waals surface area contributed by atoms with E-state index in [9.17, 15) is 4.79 Å². The van der Waals surface area contributed by atoms with Crippen LogP contribution in [0.3, 0.4) is 0 Å². The Morgan fingerprint density at radius 1 is 1.50 bits per heavy atom. The fraction of sp³-hybridized carbons (Fsp3) is 0.385. The summed E-state index contributed by atoms with van der Waals surface area (Å²) in [5.74, 6) is 0.234. The zero-order valence-electron chi connectivity index (χ0n) is 10.3. The van der Waals surface area contributed by atoms with Crippen LogP contribution in [0.25, 0.3) is 11.0 Å². The molecule has 1 amide bonds.